The molecule has 218 valence electrons. The Hall–Kier alpha value is -4.54. The van der Waals surface area contributed by atoms with Gasteiger partial charge >= 0.3 is 0 Å². The predicted molar refractivity (Wildman–Crippen MR) is 163 cm³/mol. The second-order valence-corrected chi connectivity index (χ2v) is 10.4. The standard InChI is InChI=1S/C32H35N5O4S/c1-2-41-27-14-12-22(13-15-27)16-28(36-30(38)25-6-4-3-5-7-25)32(40)37-29(17-26-20-42-21-35-26)31(39)34-19-24-10-8-23(18-33)9-11-24/h3-15,20-21,28-29H,2,16-19,33H2,1H3,(H,34,39)(H,36,38)(H,37,40). The van der Waals surface area contributed by atoms with Crippen molar-refractivity contribution >= 4 is 29.1 Å². The van der Waals surface area contributed by atoms with E-state index in [9.17, 15) is 14.4 Å². The van der Waals surface area contributed by atoms with Crippen LogP contribution in [0.3, 0.4) is 0 Å². The van der Waals surface area contributed by atoms with Crippen LogP contribution in [0.5, 0.6) is 5.75 Å². The fraction of sp³-hybridized carbons (Fsp3) is 0.250. The van der Waals surface area contributed by atoms with Gasteiger partial charge in [-0.15, -0.1) is 11.3 Å². The summed E-state index contributed by atoms with van der Waals surface area (Å²) in [5, 5.41) is 10.5. The van der Waals surface area contributed by atoms with E-state index in [4.69, 9.17) is 10.5 Å². The molecule has 0 aliphatic carbocycles. The van der Waals surface area contributed by atoms with Crippen LogP contribution in [0.2, 0.25) is 0 Å². The summed E-state index contributed by atoms with van der Waals surface area (Å²) < 4.78 is 5.53. The lowest BCUT2D eigenvalue weighted by Crippen LogP contribution is -2.55. The largest absolute Gasteiger partial charge is 0.494 e. The Kier molecular flexibility index (Phi) is 11.2. The van der Waals surface area contributed by atoms with Crippen LogP contribution >= 0.6 is 11.3 Å². The number of carbonyl (C=O) groups is 3. The molecule has 4 aromatic rings. The van der Waals surface area contributed by atoms with Crippen molar-refractivity contribution in [3.8, 4) is 5.75 Å². The van der Waals surface area contributed by atoms with Crippen LogP contribution in [-0.2, 0) is 35.5 Å². The Morgan fingerprint density at radius 1 is 0.833 bits per heavy atom. The molecule has 3 aromatic carbocycles. The number of ether oxygens (including phenoxy) is 1. The zero-order valence-corrected chi connectivity index (χ0v) is 24.2. The first-order valence-electron chi connectivity index (χ1n) is 13.8. The average Bonchev–Trinajstić information content (AvgIpc) is 3.54. The van der Waals surface area contributed by atoms with Crippen LogP contribution in [0.15, 0.2) is 89.8 Å². The molecular weight excluding hydrogens is 550 g/mol. The van der Waals surface area contributed by atoms with Crippen LogP contribution < -0.4 is 26.4 Å². The van der Waals surface area contributed by atoms with E-state index in [1.807, 2.05) is 66.9 Å². The lowest BCUT2D eigenvalue weighted by Gasteiger charge is -2.23. The van der Waals surface area contributed by atoms with Crippen molar-refractivity contribution in [3.63, 3.8) is 0 Å². The van der Waals surface area contributed by atoms with E-state index in [0.29, 0.717) is 30.2 Å². The van der Waals surface area contributed by atoms with Crippen molar-refractivity contribution in [2.45, 2.75) is 44.9 Å². The topological polar surface area (TPSA) is 135 Å². The zero-order valence-electron chi connectivity index (χ0n) is 23.4. The van der Waals surface area contributed by atoms with Gasteiger partial charge in [0.1, 0.15) is 17.8 Å². The van der Waals surface area contributed by atoms with E-state index < -0.39 is 18.0 Å². The van der Waals surface area contributed by atoms with Gasteiger partial charge in [-0.3, -0.25) is 14.4 Å². The van der Waals surface area contributed by atoms with Crippen LogP contribution in [0, 0.1) is 0 Å². The third-order valence-electron chi connectivity index (χ3n) is 6.59. The first-order chi connectivity index (χ1) is 20.4. The molecule has 0 saturated carbocycles. The Balaban J connectivity index is 1.51. The Morgan fingerprint density at radius 2 is 1.50 bits per heavy atom. The zero-order chi connectivity index (χ0) is 29.7. The number of aromatic nitrogens is 1. The van der Waals surface area contributed by atoms with Crippen molar-refractivity contribution in [3.05, 3.63) is 118 Å². The molecule has 0 bridgehead atoms. The van der Waals surface area contributed by atoms with E-state index in [1.165, 1.54) is 11.3 Å². The van der Waals surface area contributed by atoms with Gasteiger partial charge in [0.15, 0.2) is 0 Å². The van der Waals surface area contributed by atoms with E-state index in [2.05, 4.69) is 20.9 Å². The van der Waals surface area contributed by atoms with E-state index in [1.54, 1.807) is 29.8 Å². The van der Waals surface area contributed by atoms with E-state index in [-0.39, 0.29) is 31.2 Å². The molecule has 0 radical (unpaired) electrons. The van der Waals surface area contributed by atoms with Crippen molar-refractivity contribution in [1.29, 1.82) is 0 Å². The second kappa shape index (κ2) is 15.5. The molecule has 2 unspecified atom stereocenters. The molecule has 42 heavy (non-hydrogen) atoms. The highest BCUT2D eigenvalue weighted by Crippen LogP contribution is 2.15. The molecule has 0 aliphatic rings. The smallest absolute Gasteiger partial charge is 0.251 e. The summed E-state index contributed by atoms with van der Waals surface area (Å²) in [6, 6.07) is 21.8. The molecule has 2 atom stereocenters. The van der Waals surface area contributed by atoms with Gasteiger partial charge in [0.2, 0.25) is 11.8 Å². The minimum Gasteiger partial charge on any atom is -0.494 e. The summed E-state index contributed by atoms with van der Waals surface area (Å²) in [5.74, 6) is -0.499. The third kappa shape index (κ3) is 8.98. The minimum absolute atomic E-state index is 0.204. The molecule has 9 nitrogen and oxygen atoms in total. The maximum atomic E-state index is 13.7. The van der Waals surface area contributed by atoms with E-state index in [0.717, 1.165) is 16.7 Å². The van der Waals surface area contributed by atoms with Crippen LogP contribution in [0.4, 0.5) is 0 Å². The van der Waals surface area contributed by atoms with Crippen LogP contribution in [0.1, 0.15) is 39.7 Å². The van der Waals surface area contributed by atoms with Crippen molar-refractivity contribution in [2.24, 2.45) is 5.73 Å². The fourth-order valence-corrected chi connectivity index (χ4v) is 4.87. The summed E-state index contributed by atoms with van der Waals surface area (Å²) in [6.07, 6.45) is 0.422. The van der Waals surface area contributed by atoms with Crippen molar-refractivity contribution < 1.29 is 19.1 Å². The molecule has 1 heterocycles. The molecule has 5 N–H and O–H groups in total. The van der Waals surface area contributed by atoms with Crippen LogP contribution in [0.25, 0.3) is 0 Å². The van der Waals surface area contributed by atoms with Gasteiger partial charge in [-0.25, -0.2) is 4.98 Å². The van der Waals surface area contributed by atoms with Gasteiger partial charge in [0, 0.05) is 36.9 Å². The van der Waals surface area contributed by atoms with Crippen LogP contribution in [-0.4, -0.2) is 41.4 Å². The summed E-state index contributed by atoms with van der Waals surface area (Å²) in [4.78, 5) is 44.4. The number of thiazole rings is 1. The molecule has 0 aliphatic heterocycles. The summed E-state index contributed by atoms with van der Waals surface area (Å²) in [7, 11) is 0. The molecule has 4 rings (SSSR count). The first kappa shape index (κ1) is 30.4. The Labute approximate surface area is 249 Å². The normalized spacial score (nSPS) is 12.1. The van der Waals surface area contributed by atoms with Gasteiger partial charge in [-0.2, -0.15) is 0 Å². The van der Waals surface area contributed by atoms with Gasteiger partial charge in [0.05, 0.1) is 17.8 Å². The van der Waals surface area contributed by atoms with Gasteiger partial charge in [-0.1, -0.05) is 54.6 Å². The number of nitrogens with two attached hydrogens (primary N) is 1. The third-order valence-corrected chi connectivity index (χ3v) is 7.22. The van der Waals surface area contributed by atoms with Crippen molar-refractivity contribution in [1.82, 2.24) is 20.9 Å². The number of hydrogen-bond acceptors (Lipinski definition) is 7. The highest BCUT2D eigenvalue weighted by atomic mass is 32.1. The van der Waals surface area contributed by atoms with Gasteiger partial charge < -0.3 is 26.4 Å². The van der Waals surface area contributed by atoms with Gasteiger partial charge in [0.25, 0.3) is 5.91 Å². The molecule has 3 amide bonds. The molecular formula is C32H35N5O4S. The summed E-state index contributed by atoms with van der Waals surface area (Å²) in [6.45, 7) is 3.17. The maximum absolute atomic E-state index is 13.7. The second-order valence-electron chi connectivity index (χ2n) is 9.66. The number of amides is 3. The first-order valence-corrected chi connectivity index (χ1v) is 14.7. The maximum Gasteiger partial charge on any atom is 0.251 e. The number of benzene rings is 3. The Morgan fingerprint density at radius 3 is 2.14 bits per heavy atom. The Bertz CT molecular complexity index is 1430. The quantitative estimate of drug-likeness (QED) is 0.179. The SMILES string of the molecule is CCOc1ccc(CC(NC(=O)c2ccccc2)C(=O)NC(Cc2cscn2)C(=O)NCc2ccc(CN)cc2)cc1. The number of hydrogen-bond donors (Lipinski definition) is 4. The number of nitrogens with one attached hydrogen (secondary N) is 3. The molecule has 0 spiro atoms. The minimum atomic E-state index is -0.940. The average molecular weight is 586 g/mol. The van der Waals surface area contributed by atoms with E-state index >= 15 is 0 Å². The predicted octanol–water partition coefficient (Wildman–Crippen LogP) is 3.39. The molecule has 1 aromatic heterocycles. The summed E-state index contributed by atoms with van der Waals surface area (Å²) >= 11 is 1.41. The fourth-order valence-electron chi connectivity index (χ4n) is 4.30. The number of nitrogens with zero attached hydrogens (tertiary/aromatic N) is 1. The monoisotopic (exact) mass is 585 g/mol. The number of rotatable bonds is 14. The highest BCUT2D eigenvalue weighted by Gasteiger charge is 2.28. The molecule has 0 fully saturated rings. The number of carbonyl (C=O) groups excluding carboxylic acids is 3. The lowest BCUT2D eigenvalue weighted by atomic mass is 10.0. The van der Waals surface area contributed by atoms with Crippen molar-refractivity contribution in [2.75, 3.05) is 6.61 Å². The van der Waals surface area contributed by atoms with Gasteiger partial charge in [-0.05, 0) is 47.9 Å². The highest BCUT2D eigenvalue weighted by molar-refractivity contribution is 7.07. The molecule has 10 heteroatoms. The molecule has 0 saturated heterocycles. The lowest BCUT2D eigenvalue weighted by molar-refractivity contribution is -0.130. The summed E-state index contributed by atoms with van der Waals surface area (Å²) in [5.41, 5.74) is 11.2.